The molecule has 1 saturated heterocycles. The lowest BCUT2D eigenvalue weighted by Crippen LogP contribution is -2.37. The van der Waals surface area contributed by atoms with Gasteiger partial charge in [-0.15, -0.1) is 0 Å². The minimum absolute atomic E-state index is 0.154. The van der Waals surface area contributed by atoms with Crippen molar-refractivity contribution >= 4 is 5.91 Å². The summed E-state index contributed by atoms with van der Waals surface area (Å²) in [6, 6.07) is 0.618. The van der Waals surface area contributed by atoms with Crippen LogP contribution in [0.2, 0.25) is 0 Å². The predicted octanol–water partition coefficient (Wildman–Crippen LogP) is 0.196. The van der Waals surface area contributed by atoms with Gasteiger partial charge in [0.1, 0.15) is 0 Å². The standard InChI is InChI=1S/C12H23N3O/c1-2-15-6-5-10(9-15)7-14-12(16)8-13-11-3-4-11/h10-11,13H,2-9H2,1H3,(H,14,16). The summed E-state index contributed by atoms with van der Waals surface area (Å²) in [5, 5.41) is 6.25. The molecule has 2 aliphatic rings. The quantitative estimate of drug-likeness (QED) is 0.678. The molecule has 0 aromatic heterocycles. The zero-order chi connectivity index (χ0) is 11.4. The number of hydrogen-bond donors (Lipinski definition) is 2. The molecule has 1 heterocycles. The van der Waals surface area contributed by atoms with Crippen LogP contribution < -0.4 is 10.6 Å². The molecule has 1 aliphatic heterocycles. The second-order valence-corrected chi connectivity index (χ2v) is 5.01. The van der Waals surface area contributed by atoms with Crippen molar-refractivity contribution in [1.82, 2.24) is 15.5 Å². The Bertz CT molecular complexity index is 240. The van der Waals surface area contributed by atoms with Gasteiger partial charge in [0.2, 0.25) is 5.91 Å². The average Bonchev–Trinajstić information content (AvgIpc) is 3.01. The van der Waals surface area contributed by atoms with Gasteiger partial charge in [0.25, 0.3) is 0 Å². The number of nitrogens with zero attached hydrogens (tertiary/aromatic N) is 1. The molecule has 4 heteroatoms. The molecule has 0 spiro atoms. The van der Waals surface area contributed by atoms with Crippen molar-refractivity contribution < 1.29 is 4.79 Å². The third kappa shape index (κ3) is 3.76. The molecule has 92 valence electrons. The number of likely N-dealkylation sites (tertiary alicyclic amines) is 1. The molecule has 1 saturated carbocycles. The maximum Gasteiger partial charge on any atom is 0.233 e. The SMILES string of the molecule is CCN1CCC(CNC(=O)CNC2CC2)C1. The minimum atomic E-state index is 0.154. The van der Waals surface area contributed by atoms with Crippen LogP contribution in [0.1, 0.15) is 26.2 Å². The Labute approximate surface area is 97.8 Å². The lowest BCUT2D eigenvalue weighted by Gasteiger charge is -2.13. The molecule has 16 heavy (non-hydrogen) atoms. The fraction of sp³-hybridized carbons (Fsp3) is 0.917. The third-order valence-electron chi connectivity index (χ3n) is 3.53. The first-order chi connectivity index (χ1) is 7.78. The van der Waals surface area contributed by atoms with Crippen LogP contribution in [-0.2, 0) is 4.79 Å². The van der Waals surface area contributed by atoms with E-state index < -0.39 is 0 Å². The molecule has 2 fully saturated rings. The molecule has 1 atom stereocenters. The van der Waals surface area contributed by atoms with E-state index in [1.165, 1.54) is 25.8 Å². The molecule has 0 radical (unpaired) electrons. The highest BCUT2D eigenvalue weighted by atomic mass is 16.1. The first-order valence-electron chi connectivity index (χ1n) is 6.50. The summed E-state index contributed by atoms with van der Waals surface area (Å²) in [5.74, 6) is 0.812. The molecule has 1 aliphatic carbocycles. The highest BCUT2D eigenvalue weighted by molar-refractivity contribution is 5.78. The molecule has 0 aromatic carbocycles. The van der Waals surface area contributed by atoms with E-state index in [1.54, 1.807) is 0 Å². The van der Waals surface area contributed by atoms with Crippen molar-refractivity contribution in [2.24, 2.45) is 5.92 Å². The second kappa shape index (κ2) is 5.64. The van der Waals surface area contributed by atoms with E-state index in [-0.39, 0.29) is 5.91 Å². The molecule has 2 rings (SSSR count). The molecule has 1 amide bonds. The maximum atomic E-state index is 11.5. The lowest BCUT2D eigenvalue weighted by atomic mass is 10.1. The topological polar surface area (TPSA) is 44.4 Å². The van der Waals surface area contributed by atoms with Crippen LogP contribution in [-0.4, -0.2) is 49.6 Å². The Morgan fingerprint density at radius 3 is 2.81 bits per heavy atom. The molecule has 2 N–H and O–H groups in total. The lowest BCUT2D eigenvalue weighted by molar-refractivity contribution is -0.120. The summed E-state index contributed by atoms with van der Waals surface area (Å²) in [7, 11) is 0. The first-order valence-corrected chi connectivity index (χ1v) is 6.50. The number of nitrogens with one attached hydrogen (secondary N) is 2. The van der Waals surface area contributed by atoms with Crippen molar-refractivity contribution in [3.05, 3.63) is 0 Å². The molecule has 1 unspecified atom stereocenters. The molecular formula is C12H23N3O. The van der Waals surface area contributed by atoms with E-state index >= 15 is 0 Å². The van der Waals surface area contributed by atoms with Crippen molar-refractivity contribution in [2.45, 2.75) is 32.2 Å². The van der Waals surface area contributed by atoms with Crippen LogP contribution >= 0.6 is 0 Å². The van der Waals surface area contributed by atoms with Gasteiger partial charge in [-0.05, 0) is 38.3 Å². The smallest absolute Gasteiger partial charge is 0.233 e. The highest BCUT2D eigenvalue weighted by Crippen LogP contribution is 2.18. The van der Waals surface area contributed by atoms with Crippen LogP contribution in [0.4, 0.5) is 0 Å². The Kier molecular flexibility index (Phi) is 4.18. The Balaban J connectivity index is 1.54. The van der Waals surface area contributed by atoms with Gasteiger partial charge in [0.15, 0.2) is 0 Å². The molecular weight excluding hydrogens is 202 g/mol. The summed E-state index contributed by atoms with van der Waals surface area (Å²) in [4.78, 5) is 13.9. The number of rotatable bonds is 6. The van der Waals surface area contributed by atoms with Gasteiger partial charge in [-0.2, -0.15) is 0 Å². The van der Waals surface area contributed by atoms with Gasteiger partial charge in [-0.3, -0.25) is 4.79 Å². The summed E-state index contributed by atoms with van der Waals surface area (Å²) in [5.41, 5.74) is 0. The van der Waals surface area contributed by atoms with Crippen LogP contribution in [0.25, 0.3) is 0 Å². The summed E-state index contributed by atoms with van der Waals surface area (Å²) >= 11 is 0. The van der Waals surface area contributed by atoms with Gasteiger partial charge in [-0.1, -0.05) is 6.92 Å². The van der Waals surface area contributed by atoms with E-state index in [0.717, 1.165) is 19.6 Å². The zero-order valence-electron chi connectivity index (χ0n) is 10.2. The van der Waals surface area contributed by atoms with Crippen LogP contribution in [0.5, 0.6) is 0 Å². The van der Waals surface area contributed by atoms with E-state index in [2.05, 4.69) is 22.5 Å². The van der Waals surface area contributed by atoms with Crippen LogP contribution in [0.15, 0.2) is 0 Å². The maximum absolute atomic E-state index is 11.5. The minimum Gasteiger partial charge on any atom is -0.355 e. The predicted molar refractivity (Wildman–Crippen MR) is 64.3 cm³/mol. The fourth-order valence-electron chi connectivity index (χ4n) is 2.21. The number of amides is 1. The number of hydrogen-bond acceptors (Lipinski definition) is 3. The fourth-order valence-corrected chi connectivity index (χ4v) is 2.21. The summed E-state index contributed by atoms with van der Waals surface area (Å²) in [6.45, 7) is 7.01. The summed E-state index contributed by atoms with van der Waals surface area (Å²) in [6.07, 6.45) is 3.70. The summed E-state index contributed by atoms with van der Waals surface area (Å²) < 4.78 is 0. The Hall–Kier alpha value is -0.610. The van der Waals surface area contributed by atoms with E-state index in [0.29, 0.717) is 18.5 Å². The van der Waals surface area contributed by atoms with E-state index in [4.69, 9.17) is 0 Å². The number of carbonyl (C=O) groups is 1. The zero-order valence-corrected chi connectivity index (χ0v) is 10.2. The molecule has 0 aromatic rings. The van der Waals surface area contributed by atoms with Gasteiger partial charge in [0.05, 0.1) is 6.54 Å². The van der Waals surface area contributed by atoms with Gasteiger partial charge < -0.3 is 15.5 Å². The Morgan fingerprint density at radius 1 is 1.38 bits per heavy atom. The van der Waals surface area contributed by atoms with Gasteiger partial charge in [0, 0.05) is 19.1 Å². The monoisotopic (exact) mass is 225 g/mol. The van der Waals surface area contributed by atoms with E-state index in [1.807, 2.05) is 0 Å². The highest BCUT2D eigenvalue weighted by Gasteiger charge is 2.23. The van der Waals surface area contributed by atoms with E-state index in [9.17, 15) is 4.79 Å². The van der Waals surface area contributed by atoms with Crippen LogP contribution in [0.3, 0.4) is 0 Å². The second-order valence-electron chi connectivity index (χ2n) is 5.01. The molecule has 4 nitrogen and oxygen atoms in total. The first kappa shape index (κ1) is 11.9. The molecule has 0 bridgehead atoms. The normalized spacial score (nSPS) is 25.9. The average molecular weight is 225 g/mol. The van der Waals surface area contributed by atoms with Crippen molar-refractivity contribution in [1.29, 1.82) is 0 Å². The van der Waals surface area contributed by atoms with Crippen molar-refractivity contribution in [3.8, 4) is 0 Å². The third-order valence-corrected chi connectivity index (χ3v) is 3.53. The number of carbonyl (C=O) groups excluding carboxylic acids is 1. The largest absolute Gasteiger partial charge is 0.355 e. The van der Waals surface area contributed by atoms with Crippen molar-refractivity contribution in [2.75, 3.05) is 32.7 Å². The van der Waals surface area contributed by atoms with Crippen LogP contribution in [0, 0.1) is 5.92 Å². The van der Waals surface area contributed by atoms with Gasteiger partial charge in [-0.25, -0.2) is 0 Å². The van der Waals surface area contributed by atoms with Gasteiger partial charge >= 0.3 is 0 Å². The Morgan fingerprint density at radius 2 is 2.19 bits per heavy atom. The van der Waals surface area contributed by atoms with Crippen molar-refractivity contribution in [3.63, 3.8) is 0 Å².